The van der Waals surface area contributed by atoms with Gasteiger partial charge in [-0.15, -0.1) is 0 Å². The van der Waals surface area contributed by atoms with Gasteiger partial charge < -0.3 is 10.1 Å². The van der Waals surface area contributed by atoms with E-state index in [1.54, 1.807) is 13.1 Å². The maximum absolute atomic E-state index is 12.5. The summed E-state index contributed by atoms with van der Waals surface area (Å²) in [6, 6.07) is 30.7. The Morgan fingerprint density at radius 2 is 1.58 bits per heavy atom. The van der Waals surface area contributed by atoms with Crippen LogP contribution < -0.4 is 15.5 Å². The second-order valence-corrected chi connectivity index (χ2v) is 7.11. The predicted molar refractivity (Wildman–Crippen MR) is 126 cm³/mol. The number of para-hydroxylation sites is 1. The molecule has 4 rings (SSSR count). The van der Waals surface area contributed by atoms with Crippen LogP contribution in [0.25, 0.3) is 10.8 Å². The molecule has 5 heteroatoms. The summed E-state index contributed by atoms with van der Waals surface area (Å²) in [5.74, 6) is 1.24. The molecule has 154 valence electrons. The highest BCUT2D eigenvalue weighted by molar-refractivity contribution is 5.96. The SMILES string of the molecule is C[C@H](Nc1cccc2ccccc12)C(=O)N/N=C\c1cccc(Oc2ccccc2)c1. The van der Waals surface area contributed by atoms with Crippen LogP contribution in [0.1, 0.15) is 12.5 Å². The summed E-state index contributed by atoms with van der Waals surface area (Å²) < 4.78 is 5.83. The molecule has 0 aliphatic carbocycles. The van der Waals surface area contributed by atoms with Crippen molar-refractivity contribution in [2.75, 3.05) is 5.32 Å². The summed E-state index contributed by atoms with van der Waals surface area (Å²) in [5.41, 5.74) is 4.33. The molecule has 0 radical (unpaired) electrons. The quantitative estimate of drug-likeness (QED) is 0.309. The Hall–Kier alpha value is -4.12. The van der Waals surface area contributed by atoms with Crippen molar-refractivity contribution in [1.29, 1.82) is 0 Å². The van der Waals surface area contributed by atoms with Crippen molar-refractivity contribution < 1.29 is 9.53 Å². The van der Waals surface area contributed by atoms with Gasteiger partial charge in [-0.25, -0.2) is 5.43 Å². The van der Waals surface area contributed by atoms with E-state index in [0.717, 1.165) is 27.8 Å². The Labute approximate surface area is 181 Å². The van der Waals surface area contributed by atoms with Crippen LogP contribution in [0.15, 0.2) is 102 Å². The van der Waals surface area contributed by atoms with Crippen molar-refractivity contribution in [1.82, 2.24) is 5.43 Å². The number of nitrogens with one attached hydrogen (secondary N) is 2. The molecule has 5 nitrogen and oxygen atoms in total. The zero-order chi connectivity index (χ0) is 21.5. The lowest BCUT2D eigenvalue weighted by molar-refractivity contribution is -0.121. The fourth-order valence-corrected chi connectivity index (χ4v) is 3.20. The van der Waals surface area contributed by atoms with Crippen molar-refractivity contribution in [3.8, 4) is 11.5 Å². The summed E-state index contributed by atoms with van der Waals surface area (Å²) in [6.07, 6.45) is 1.60. The van der Waals surface area contributed by atoms with Gasteiger partial charge in [0, 0.05) is 11.1 Å². The second kappa shape index (κ2) is 9.59. The number of fused-ring (bicyclic) bond motifs is 1. The number of hydrogen-bond donors (Lipinski definition) is 2. The lowest BCUT2D eigenvalue weighted by atomic mass is 10.1. The Morgan fingerprint density at radius 1 is 0.871 bits per heavy atom. The number of amides is 1. The van der Waals surface area contributed by atoms with Crippen LogP contribution in [0, 0.1) is 0 Å². The molecule has 1 amide bonds. The van der Waals surface area contributed by atoms with Crippen LogP contribution in [-0.4, -0.2) is 18.2 Å². The number of ether oxygens (including phenoxy) is 1. The summed E-state index contributed by atoms with van der Waals surface area (Å²) in [6.45, 7) is 1.81. The van der Waals surface area contributed by atoms with Crippen molar-refractivity contribution in [2.24, 2.45) is 5.10 Å². The molecule has 2 N–H and O–H groups in total. The number of carbonyl (C=O) groups is 1. The molecule has 0 spiro atoms. The van der Waals surface area contributed by atoms with Crippen molar-refractivity contribution >= 4 is 28.6 Å². The zero-order valence-electron chi connectivity index (χ0n) is 17.2. The van der Waals surface area contributed by atoms with Crippen LogP contribution >= 0.6 is 0 Å². The molecule has 0 unspecified atom stereocenters. The minimum Gasteiger partial charge on any atom is -0.457 e. The van der Waals surface area contributed by atoms with Gasteiger partial charge in [0.05, 0.1) is 6.21 Å². The average Bonchev–Trinajstić information content (AvgIpc) is 2.80. The molecular formula is C26H23N3O2. The monoisotopic (exact) mass is 409 g/mol. The van der Waals surface area contributed by atoms with E-state index in [1.165, 1.54) is 0 Å². The van der Waals surface area contributed by atoms with Gasteiger partial charge in [-0.3, -0.25) is 4.79 Å². The largest absolute Gasteiger partial charge is 0.457 e. The van der Waals surface area contributed by atoms with Gasteiger partial charge in [0.15, 0.2) is 0 Å². The topological polar surface area (TPSA) is 62.7 Å². The lowest BCUT2D eigenvalue weighted by Crippen LogP contribution is -2.34. The standard InChI is InChI=1S/C26H23N3O2/c1-19(28-25-16-8-11-21-10-5-6-15-24(21)25)26(30)29-27-18-20-9-7-14-23(17-20)31-22-12-3-2-4-13-22/h2-19,28H,1H3,(H,29,30)/b27-18-/t19-/m0/s1. The van der Waals surface area contributed by atoms with E-state index in [2.05, 4.69) is 15.8 Å². The van der Waals surface area contributed by atoms with E-state index >= 15 is 0 Å². The van der Waals surface area contributed by atoms with Crippen molar-refractivity contribution in [3.63, 3.8) is 0 Å². The third kappa shape index (κ3) is 5.28. The second-order valence-electron chi connectivity index (χ2n) is 7.11. The molecule has 4 aromatic carbocycles. The maximum Gasteiger partial charge on any atom is 0.262 e. The summed E-state index contributed by atoms with van der Waals surface area (Å²) >= 11 is 0. The van der Waals surface area contributed by atoms with Crippen LogP contribution in [0.5, 0.6) is 11.5 Å². The smallest absolute Gasteiger partial charge is 0.262 e. The first-order chi connectivity index (χ1) is 15.2. The molecule has 0 aliphatic rings. The van der Waals surface area contributed by atoms with E-state index in [4.69, 9.17) is 4.74 Å². The van der Waals surface area contributed by atoms with E-state index in [0.29, 0.717) is 5.75 Å². The van der Waals surface area contributed by atoms with Gasteiger partial charge in [0.2, 0.25) is 0 Å². The van der Waals surface area contributed by atoms with Crippen molar-refractivity contribution in [2.45, 2.75) is 13.0 Å². The van der Waals surface area contributed by atoms with Crippen LogP contribution in [0.3, 0.4) is 0 Å². The van der Waals surface area contributed by atoms with Gasteiger partial charge in [-0.05, 0) is 48.2 Å². The third-order valence-corrected chi connectivity index (χ3v) is 4.78. The number of benzene rings is 4. The summed E-state index contributed by atoms with van der Waals surface area (Å²) in [5, 5.41) is 9.55. The van der Waals surface area contributed by atoms with Gasteiger partial charge in [-0.1, -0.05) is 66.7 Å². The van der Waals surface area contributed by atoms with Crippen LogP contribution in [-0.2, 0) is 4.79 Å². The molecule has 1 atom stereocenters. The van der Waals surface area contributed by atoms with E-state index < -0.39 is 6.04 Å². The third-order valence-electron chi connectivity index (χ3n) is 4.78. The van der Waals surface area contributed by atoms with E-state index in [1.807, 2.05) is 97.1 Å². The van der Waals surface area contributed by atoms with Gasteiger partial charge in [-0.2, -0.15) is 5.10 Å². The van der Waals surface area contributed by atoms with Gasteiger partial charge in [0.1, 0.15) is 17.5 Å². The maximum atomic E-state index is 12.5. The minimum absolute atomic E-state index is 0.221. The Balaban J connectivity index is 1.36. The number of carbonyl (C=O) groups excluding carboxylic acids is 1. The molecule has 0 saturated heterocycles. The molecule has 4 aromatic rings. The molecule has 0 aromatic heterocycles. The molecule has 0 fully saturated rings. The molecule has 0 bridgehead atoms. The fourth-order valence-electron chi connectivity index (χ4n) is 3.20. The predicted octanol–water partition coefficient (Wildman–Crippen LogP) is 5.58. The normalized spacial score (nSPS) is 11.9. The van der Waals surface area contributed by atoms with E-state index in [-0.39, 0.29) is 5.91 Å². The fraction of sp³-hybridized carbons (Fsp3) is 0.0769. The number of hydrazone groups is 1. The number of rotatable bonds is 7. The lowest BCUT2D eigenvalue weighted by Gasteiger charge is -2.15. The highest BCUT2D eigenvalue weighted by Gasteiger charge is 2.13. The Kier molecular flexibility index (Phi) is 6.24. The molecule has 0 aliphatic heterocycles. The molecule has 31 heavy (non-hydrogen) atoms. The number of nitrogens with zero attached hydrogens (tertiary/aromatic N) is 1. The molecule has 0 heterocycles. The highest BCUT2D eigenvalue weighted by Crippen LogP contribution is 2.24. The van der Waals surface area contributed by atoms with Crippen LogP contribution in [0.2, 0.25) is 0 Å². The Bertz CT molecular complexity index is 1200. The minimum atomic E-state index is -0.448. The number of anilines is 1. The van der Waals surface area contributed by atoms with Crippen LogP contribution in [0.4, 0.5) is 5.69 Å². The summed E-state index contributed by atoms with van der Waals surface area (Å²) in [7, 11) is 0. The molecular weight excluding hydrogens is 386 g/mol. The first-order valence-electron chi connectivity index (χ1n) is 10.1. The summed E-state index contributed by atoms with van der Waals surface area (Å²) in [4.78, 5) is 12.5. The highest BCUT2D eigenvalue weighted by atomic mass is 16.5. The van der Waals surface area contributed by atoms with Crippen molar-refractivity contribution in [3.05, 3.63) is 103 Å². The first kappa shape index (κ1) is 20.2. The van der Waals surface area contributed by atoms with Gasteiger partial charge in [0.25, 0.3) is 5.91 Å². The number of hydrogen-bond acceptors (Lipinski definition) is 4. The Morgan fingerprint density at radius 3 is 2.45 bits per heavy atom. The zero-order valence-corrected chi connectivity index (χ0v) is 17.2. The van der Waals surface area contributed by atoms with Gasteiger partial charge >= 0.3 is 0 Å². The average molecular weight is 409 g/mol. The molecule has 0 saturated carbocycles. The first-order valence-corrected chi connectivity index (χ1v) is 10.1. The van der Waals surface area contributed by atoms with E-state index in [9.17, 15) is 4.79 Å².